The second-order valence-electron chi connectivity index (χ2n) is 6.41. The molecule has 2 rings (SSSR count). The highest BCUT2D eigenvalue weighted by Gasteiger charge is 2.64. The lowest BCUT2D eigenvalue weighted by Gasteiger charge is -2.08. The third-order valence-electron chi connectivity index (χ3n) is 5.01. The zero-order valence-electron chi connectivity index (χ0n) is 12.3. The summed E-state index contributed by atoms with van der Waals surface area (Å²) in [6.07, 6.45) is 0. The normalized spacial score (nSPS) is 19.7. The number of aromatic nitrogens is 2. The van der Waals surface area contributed by atoms with Crippen LogP contribution in [-0.4, -0.2) is 21.4 Å². The lowest BCUT2D eigenvalue weighted by Crippen LogP contribution is -2.12. The van der Waals surface area contributed by atoms with Crippen molar-refractivity contribution in [3.63, 3.8) is 0 Å². The van der Waals surface area contributed by atoms with Gasteiger partial charge in [-0.1, -0.05) is 27.7 Å². The van der Waals surface area contributed by atoms with Gasteiger partial charge in [-0.25, -0.2) is 4.98 Å². The van der Waals surface area contributed by atoms with Crippen molar-refractivity contribution in [1.29, 1.82) is 0 Å². The zero-order valence-corrected chi connectivity index (χ0v) is 13.1. The van der Waals surface area contributed by atoms with Gasteiger partial charge in [-0.15, -0.1) is 0 Å². The van der Waals surface area contributed by atoms with Crippen molar-refractivity contribution in [1.82, 2.24) is 9.97 Å². The number of halogens is 1. The number of nitro groups is 1. The van der Waals surface area contributed by atoms with Gasteiger partial charge in [-0.3, -0.25) is 10.1 Å². The summed E-state index contributed by atoms with van der Waals surface area (Å²) in [6, 6.07) is 0. The van der Waals surface area contributed by atoms with Gasteiger partial charge < -0.3 is 5.32 Å². The van der Waals surface area contributed by atoms with Crippen LogP contribution in [0.5, 0.6) is 0 Å². The van der Waals surface area contributed by atoms with Gasteiger partial charge in [0.2, 0.25) is 11.1 Å². The van der Waals surface area contributed by atoms with Crippen molar-refractivity contribution in [3.05, 3.63) is 21.1 Å². The molecule has 1 fully saturated rings. The Labute approximate surface area is 123 Å². The molecule has 1 aromatic rings. The molecule has 20 heavy (non-hydrogen) atoms. The SMILES string of the molecule is Cc1nc(Cl)nc(NCC2C(C)(C)C2(C)C)c1[N+](=O)[O-]. The Kier molecular flexibility index (Phi) is 3.40. The van der Waals surface area contributed by atoms with E-state index in [1.807, 2.05) is 0 Å². The number of nitrogens with zero attached hydrogens (tertiary/aromatic N) is 3. The van der Waals surface area contributed by atoms with Crippen LogP contribution in [0.4, 0.5) is 11.5 Å². The molecule has 0 radical (unpaired) electrons. The van der Waals surface area contributed by atoms with Gasteiger partial charge in [0.05, 0.1) is 4.92 Å². The van der Waals surface area contributed by atoms with Gasteiger partial charge in [0.25, 0.3) is 0 Å². The van der Waals surface area contributed by atoms with E-state index in [4.69, 9.17) is 11.6 Å². The maximum atomic E-state index is 11.1. The number of anilines is 1. The van der Waals surface area contributed by atoms with Crippen LogP contribution in [0.25, 0.3) is 0 Å². The summed E-state index contributed by atoms with van der Waals surface area (Å²) in [5.41, 5.74) is 0.582. The molecular weight excluding hydrogens is 280 g/mol. The molecule has 0 bridgehead atoms. The molecule has 0 saturated heterocycles. The molecule has 1 aliphatic rings. The summed E-state index contributed by atoms with van der Waals surface area (Å²) < 4.78 is 0. The number of nitrogens with one attached hydrogen (secondary N) is 1. The largest absolute Gasteiger partial charge is 0.364 e. The second-order valence-corrected chi connectivity index (χ2v) is 6.75. The third-order valence-corrected chi connectivity index (χ3v) is 5.18. The quantitative estimate of drug-likeness (QED) is 0.523. The first-order valence-corrected chi connectivity index (χ1v) is 6.89. The maximum absolute atomic E-state index is 11.1. The van der Waals surface area contributed by atoms with Crippen molar-refractivity contribution in [3.8, 4) is 0 Å². The highest BCUT2D eigenvalue weighted by atomic mass is 35.5. The molecular formula is C13H19ClN4O2. The number of aryl methyl sites for hydroxylation is 1. The molecule has 0 aliphatic heterocycles. The van der Waals surface area contributed by atoms with E-state index < -0.39 is 4.92 Å². The highest BCUT2D eigenvalue weighted by Crippen LogP contribution is 2.68. The first-order chi connectivity index (χ1) is 9.09. The summed E-state index contributed by atoms with van der Waals surface area (Å²) >= 11 is 5.78. The summed E-state index contributed by atoms with van der Waals surface area (Å²) in [4.78, 5) is 18.4. The Balaban J connectivity index is 2.21. The lowest BCUT2D eigenvalue weighted by atomic mass is 10.0. The summed E-state index contributed by atoms with van der Waals surface area (Å²) in [5, 5.41) is 14.2. The van der Waals surface area contributed by atoms with E-state index in [1.165, 1.54) is 0 Å². The van der Waals surface area contributed by atoms with E-state index >= 15 is 0 Å². The molecule has 0 atom stereocenters. The van der Waals surface area contributed by atoms with Gasteiger partial charge in [0.1, 0.15) is 5.69 Å². The minimum absolute atomic E-state index is 0.0184. The molecule has 1 N–H and O–H groups in total. The molecule has 0 aromatic carbocycles. The van der Waals surface area contributed by atoms with Crippen molar-refractivity contribution >= 4 is 23.1 Å². The van der Waals surface area contributed by atoms with Gasteiger partial charge in [0, 0.05) is 6.54 Å². The number of hydrogen-bond acceptors (Lipinski definition) is 5. The van der Waals surface area contributed by atoms with Gasteiger partial charge in [-0.2, -0.15) is 4.98 Å². The Morgan fingerprint density at radius 2 is 1.85 bits per heavy atom. The average Bonchev–Trinajstić information content (AvgIpc) is 2.64. The fourth-order valence-corrected chi connectivity index (χ4v) is 3.13. The summed E-state index contributed by atoms with van der Waals surface area (Å²) in [5.74, 6) is 0.634. The van der Waals surface area contributed by atoms with Crippen LogP contribution in [0.3, 0.4) is 0 Å². The van der Waals surface area contributed by atoms with Crippen LogP contribution in [-0.2, 0) is 0 Å². The molecule has 110 valence electrons. The minimum atomic E-state index is -0.475. The van der Waals surface area contributed by atoms with Crippen LogP contribution in [0.2, 0.25) is 5.28 Å². The van der Waals surface area contributed by atoms with Crippen molar-refractivity contribution in [2.75, 3.05) is 11.9 Å². The Hall–Kier alpha value is -1.43. The predicted octanol–water partition coefficient (Wildman–Crippen LogP) is 3.44. The topological polar surface area (TPSA) is 81.0 Å². The smallest absolute Gasteiger partial charge is 0.332 e. The molecule has 1 heterocycles. The monoisotopic (exact) mass is 298 g/mol. The van der Waals surface area contributed by atoms with Crippen molar-refractivity contribution in [2.24, 2.45) is 16.7 Å². The molecule has 1 aliphatic carbocycles. The van der Waals surface area contributed by atoms with E-state index in [0.717, 1.165) is 0 Å². The molecule has 1 aromatic heterocycles. The van der Waals surface area contributed by atoms with Gasteiger partial charge >= 0.3 is 5.69 Å². The lowest BCUT2D eigenvalue weighted by molar-refractivity contribution is -0.385. The zero-order chi connectivity index (χ0) is 15.3. The standard InChI is InChI=1S/C13H19ClN4O2/c1-7-9(18(19)20)10(17-11(14)16-7)15-6-8-12(2,3)13(8,4)5/h8H,6H2,1-5H3,(H,15,16,17). The summed E-state index contributed by atoms with van der Waals surface area (Å²) in [6.45, 7) is 11.0. The van der Waals surface area contributed by atoms with Crippen molar-refractivity contribution in [2.45, 2.75) is 34.6 Å². The van der Waals surface area contributed by atoms with Gasteiger partial charge in [0.15, 0.2) is 0 Å². The van der Waals surface area contributed by atoms with Crippen LogP contribution in [0.15, 0.2) is 0 Å². The first-order valence-electron chi connectivity index (χ1n) is 6.51. The molecule has 0 amide bonds. The van der Waals surface area contributed by atoms with E-state index in [-0.39, 0.29) is 33.3 Å². The van der Waals surface area contributed by atoms with E-state index in [9.17, 15) is 10.1 Å². The molecule has 0 unspecified atom stereocenters. The van der Waals surface area contributed by atoms with Crippen LogP contribution in [0, 0.1) is 33.8 Å². The Morgan fingerprint density at radius 3 is 2.30 bits per heavy atom. The van der Waals surface area contributed by atoms with Gasteiger partial charge in [-0.05, 0) is 35.3 Å². The summed E-state index contributed by atoms with van der Waals surface area (Å²) in [7, 11) is 0. The molecule has 1 saturated carbocycles. The molecule has 0 spiro atoms. The minimum Gasteiger partial charge on any atom is -0.364 e. The second kappa shape index (κ2) is 4.55. The highest BCUT2D eigenvalue weighted by molar-refractivity contribution is 6.28. The molecule has 6 nitrogen and oxygen atoms in total. The maximum Gasteiger partial charge on any atom is 0.332 e. The average molecular weight is 299 g/mol. The van der Waals surface area contributed by atoms with Crippen LogP contribution < -0.4 is 5.32 Å². The Bertz CT molecular complexity index is 558. The molecule has 7 heteroatoms. The first kappa shape index (κ1) is 15.0. The fraction of sp³-hybridized carbons (Fsp3) is 0.692. The fourth-order valence-electron chi connectivity index (χ4n) is 2.92. The van der Waals surface area contributed by atoms with E-state index in [1.54, 1.807) is 6.92 Å². The van der Waals surface area contributed by atoms with Crippen LogP contribution in [0.1, 0.15) is 33.4 Å². The van der Waals surface area contributed by atoms with Crippen molar-refractivity contribution < 1.29 is 4.92 Å². The van der Waals surface area contributed by atoms with Crippen LogP contribution >= 0.6 is 11.6 Å². The number of rotatable bonds is 4. The Morgan fingerprint density at radius 1 is 1.30 bits per heavy atom. The third kappa shape index (κ3) is 2.22. The number of hydrogen-bond donors (Lipinski definition) is 1. The van der Waals surface area contributed by atoms with E-state index in [2.05, 4.69) is 43.0 Å². The predicted molar refractivity (Wildman–Crippen MR) is 78.0 cm³/mol. The van der Waals surface area contributed by atoms with E-state index in [0.29, 0.717) is 12.5 Å².